The Hall–Kier alpha value is -7.04. The Morgan fingerprint density at radius 2 is 0.849 bits per heavy atom. The van der Waals surface area contributed by atoms with Crippen LogP contribution in [0.4, 0.5) is 0 Å². The lowest BCUT2D eigenvalue weighted by atomic mass is 9.87. The first-order chi connectivity index (χ1) is 26.1. The van der Waals surface area contributed by atoms with E-state index in [0.29, 0.717) is 17.5 Å². The molecule has 2 heterocycles. The summed E-state index contributed by atoms with van der Waals surface area (Å²) in [5.74, 6) is 1.90. The van der Waals surface area contributed by atoms with Crippen LogP contribution in [0.25, 0.3) is 99.9 Å². The number of nitrogens with zero attached hydrogens (tertiary/aromatic N) is 4. The van der Waals surface area contributed by atoms with Gasteiger partial charge in [-0.25, -0.2) is 15.0 Å². The third-order valence-corrected chi connectivity index (χ3v) is 10.1. The van der Waals surface area contributed by atoms with Gasteiger partial charge in [-0.15, -0.1) is 0 Å². The summed E-state index contributed by atoms with van der Waals surface area (Å²) in [6.07, 6.45) is 1.88. The van der Waals surface area contributed by atoms with Crippen molar-refractivity contribution in [2.45, 2.75) is 6.92 Å². The molecule has 248 valence electrons. The monoisotopic (exact) mass is 676 g/mol. The molecule has 4 heteroatoms. The summed E-state index contributed by atoms with van der Waals surface area (Å²) in [5, 5.41) is 7.53. The fourth-order valence-corrected chi connectivity index (χ4v) is 7.62. The van der Waals surface area contributed by atoms with Crippen molar-refractivity contribution in [2.75, 3.05) is 0 Å². The Balaban J connectivity index is 1.25. The minimum atomic E-state index is 0.624. The molecule has 53 heavy (non-hydrogen) atoms. The van der Waals surface area contributed by atoms with Crippen LogP contribution in [0.2, 0.25) is 0 Å². The number of pyridine rings is 1. The first-order valence-corrected chi connectivity index (χ1v) is 17.9. The first-order valence-electron chi connectivity index (χ1n) is 17.9. The summed E-state index contributed by atoms with van der Waals surface area (Å²) in [6.45, 7) is 2.03. The van der Waals surface area contributed by atoms with Gasteiger partial charge in [0.1, 0.15) is 0 Å². The van der Waals surface area contributed by atoms with Crippen LogP contribution in [0.15, 0.2) is 176 Å². The van der Waals surface area contributed by atoms with Crippen molar-refractivity contribution in [1.29, 1.82) is 0 Å². The molecule has 8 aromatic carbocycles. The summed E-state index contributed by atoms with van der Waals surface area (Å²) in [4.78, 5) is 19.7. The minimum Gasteiger partial charge on any atom is -0.262 e. The number of aromatic nitrogens is 4. The molecule has 0 aliphatic rings. The molecule has 2 aromatic heterocycles. The van der Waals surface area contributed by atoms with E-state index in [1.165, 1.54) is 37.9 Å². The Bertz CT molecular complexity index is 2900. The maximum Gasteiger partial charge on any atom is 0.164 e. The van der Waals surface area contributed by atoms with Crippen molar-refractivity contribution in [3.63, 3.8) is 0 Å². The molecule has 0 saturated carbocycles. The van der Waals surface area contributed by atoms with Crippen LogP contribution in [-0.2, 0) is 0 Å². The predicted molar refractivity (Wildman–Crippen MR) is 219 cm³/mol. The standard InChI is InChI=1S/C49H32N4/c1-31-25-38(23-24-50-31)36-17-9-18-37(26-36)40-27-41(44-30-39-19-8-15-32-21-22-33-16-10-20-43(44)46(33)45(32)39)29-42(28-40)49-52-47(34-11-4-2-5-12-34)51-48(53-49)35-13-6-3-7-14-35/h2-30H,1H3. The Morgan fingerprint density at radius 1 is 0.340 bits per heavy atom. The zero-order chi connectivity index (χ0) is 35.3. The van der Waals surface area contributed by atoms with Gasteiger partial charge >= 0.3 is 0 Å². The van der Waals surface area contributed by atoms with E-state index < -0.39 is 0 Å². The molecule has 0 fully saturated rings. The van der Waals surface area contributed by atoms with Gasteiger partial charge in [-0.2, -0.15) is 0 Å². The number of aryl methyl sites for hydroxylation is 1. The van der Waals surface area contributed by atoms with Crippen LogP contribution in [0, 0.1) is 6.92 Å². The lowest BCUT2D eigenvalue weighted by Crippen LogP contribution is -2.00. The van der Waals surface area contributed by atoms with Gasteiger partial charge in [0.05, 0.1) is 0 Å². The highest BCUT2D eigenvalue weighted by Gasteiger charge is 2.18. The summed E-state index contributed by atoms with van der Waals surface area (Å²) < 4.78 is 0. The molecule has 10 aromatic rings. The van der Waals surface area contributed by atoms with Gasteiger partial charge < -0.3 is 0 Å². The molecule has 0 unspecified atom stereocenters. The van der Waals surface area contributed by atoms with E-state index in [9.17, 15) is 0 Å². The number of hydrogen-bond donors (Lipinski definition) is 0. The van der Waals surface area contributed by atoms with Gasteiger partial charge in [0.25, 0.3) is 0 Å². The molecule has 0 aliphatic carbocycles. The highest BCUT2D eigenvalue weighted by molar-refractivity contribution is 6.26. The van der Waals surface area contributed by atoms with Crippen LogP contribution in [0.3, 0.4) is 0 Å². The van der Waals surface area contributed by atoms with Crippen molar-refractivity contribution < 1.29 is 0 Å². The molecule has 0 amide bonds. The second-order valence-corrected chi connectivity index (χ2v) is 13.6. The molecule has 0 atom stereocenters. The van der Waals surface area contributed by atoms with Crippen molar-refractivity contribution in [2.24, 2.45) is 0 Å². The molecule has 0 radical (unpaired) electrons. The molecular weight excluding hydrogens is 645 g/mol. The molecule has 0 N–H and O–H groups in total. The van der Waals surface area contributed by atoms with Crippen LogP contribution >= 0.6 is 0 Å². The summed E-state index contributed by atoms with van der Waals surface area (Å²) in [7, 11) is 0. The second kappa shape index (κ2) is 12.6. The molecule has 0 aliphatic heterocycles. The minimum absolute atomic E-state index is 0.624. The lowest BCUT2D eigenvalue weighted by Gasteiger charge is -2.17. The van der Waals surface area contributed by atoms with E-state index in [2.05, 4.69) is 114 Å². The summed E-state index contributed by atoms with van der Waals surface area (Å²) in [5.41, 5.74) is 10.5. The molecule has 10 rings (SSSR count). The Labute approximate surface area is 307 Å². The largest absolute Gasteiger partial charge is 0.262 e. The number of hydrogen-bond acceptors (Lipinski definition) is 4. The molecular formula is C49H32N4. The molecule has 0 spiro atoms. The predicted octanol–water partition coefficient (Wildman–Crippen LogP) is 12.5. The normalized spacial score (nSPS) is 11.5. The average molecular weight is 677 g/mol. The Kier molecular flexibility index (Phi) is 7.33. The maximum atomic E-state index is 5.15. The summed E-state index contributed by atoms with van der Waals surface area (Å²) in [6, 6.07) is 60.1. The maximum absolute atomic E-state index is 5.15. The zero-order valence-corrected chi connectivity index (χ0v) is 29.0. The Morgan fingerprint density at radius 3 is 1.55 bits per heavy atom. The van der Waals surface area contributed by atoms with E-state index in [4.69, 9.17) is 15.0 Å². The van der Waals surface area contributed by atoms with Gasteiger partial charge in [0.2, 0.25) is 0 Å². The quantitative estimate of drug-likeness (QED) is 0.165. The zero-order valence-electron chi connectivity index (χ0n) is 29.0. The van der Waals surface area contributed by atoms with E-state index >= 15 is 0 Å². The first kappa shape index (κ1) is 30.8. The van der Waals surface area contributed by atoms with E-state index in [-0.39, 0.29) is 0 Å². The van der Waals surface area contributed by atoms with Crippen molar-refractivity contribution >= 4 is 32.3 Å². The smallest absolute Gasteiger partial charge is 0.164 e. The van der Waals surface area contributed by atoms with Gasteiger partial charge in [-0.1, -0.05) is 127 Å². The average Bonchev–Trinajstić information content (AvgIpc) is 3.23. The van der Waals surface area contributed by atoms with Gasteiger partial charge in [-0.05, 0) is 115 Å². The fourth-order valence-electron chi connectivity index (χ4n) is 7.62. The fraction of sp³-hybridized carbons (Fsp3) is 0.0204. The second-order valence-electron chi connectivity index (χ2n) is 13.6. The van der Waals surface area contributed by atoms with Gasteiger partial charge in [0, 0.05) is 28.6 Å². The van der Waals surface area contributed by atoms with Crippen molar-refractivity contribution in [1.82, 2.24) is 19.9 Å². The summed E-state index contributed by atoms with van der Waals surface area (Å²) >= 11 is 0. The van der Waals surface area contributed by atoms with Crippen LogP contribution < -0.4 is 0 Å². The molecule has 0 bridgehead atoms. The number of rotatable bonds is 6. The topological polar surface area (TPSA) is 51.6 Å². The number of benzene rings is 8. The SMILES string of the molecule is Cc1cc(-c2cccc(-c3cc(-c4nc(-c5ccccc5)nc(-c5ccccc5)n4)cc(-c4cc5cccc6ccc7cccc4c7c65)c3)c2)ccn1. The van der Waals surface area contributed by atoms with Crippen LogP contribution in [0.1, 0.15) is 5.69 Å². The van der Waals surface area contributed by atoms with Crippen molar-refractivity contribution in [3.05, 3.63) is 182 Å². The highest BCUT2D eigenvalue weighted by Crippen LogP contribution is 2.42. The van der Waals surface area contributed by atoms with Crippen molar-refractivity contribution in [3.8, 4) is 67.5 Å². The van der Waals surface area contributed by atoms with Crippen LogP contribution in [0.5, 0.6) is 0 Å². The highest BCUT2D eigenvalue weighted by atomic mass is 15.0. The third kappa shape index (κ3) is 5.58. The molecule has 0 saturated heterocycles. The van der Waals surface area contributed by atoms with Gasteiger partial charge in [0.15, 0.2) is 17.5 Å². The van der Waals surface area contributed by atoms with Crippen LogP contribution in [-0.4, -0.2) is 19.9 Å². The lowest BCUT2D eigenvalue weighted by molar-refractivity contribution is 1.07. The van der Waals surface area contributed by atoms with E-state index in [1.54, 1.807) is 0 Å². The van der Waals surface area contributed by atoms with Gasteiger partial charge in [-0.3, -0.25) is 4.98 Å². The van der Waals surface area contributed by atoms with E-state index in [1.807, 2.05) is 73.8 Å². The third-order valence-electron chi connectivity index (χ3n) is 10.1. The van der Waals surface area contributed by atoms with E-state index in [0.717, 1.165) is 50.2 Å². The molecule has 4 nitrogen and oxygen atoms in total.